The van der Waals surface area contributed by atoms with Crippen LogP contribution in [0.2, 0.25) is 0 Å². The number of H-pyrrole nitrogens is 2. The summed E-state index contributed by atoms with van der Waals surface area (Å²) in [5.74, 6) is 0.0861. The highest BCUT2D eigenvalue weighted by molar-refractivity contribution is 5.98. The van der Waals surface area contributed by atoms with Gasteiger partial charge in [-0.2, -0.15) is 5.10 Å². The first kappa shape index (κ1) is 17.7. The number of amides is 1. The van der Waals surface area contributed by atoms with E-state index in [2.05, 4.69) is 15.2 Å². The number of fused-ring (bicyclic) bond motifs is 1. The standard InChI is InChI=1S/C23H21FN4O/c24-19-3-1-2-16(13-19)20-14-26-27-22(20)15-7-10-28(11-8-15)23(29)18-4-5-21-17(12-18)6-9-25-21/h1-6,9,12-15,25H,7-8,10-11H2,(H,26,27). The van der Waals surface area contributed by atoms with Crippen molar-refractivity contribution in [3.8, 4) is 11.1 Å². The number of aromatic amines is 2. The Bertz CT molecular complexity index is 1170. The van der Waals surface area contributed by atoms with Crippen LogP contribution in [-0.2, 0) is 0 Å². The zero-order valence-electron chi connectivity index (χ0n) is 15.9. The van der Waals surface area contributed by atoms with Gasteiger partial charge in [-0.15, -0.1) is 0 Å². The number of hydrogen-bond donors (Lipinski definition) is 2. The maximum Gasteiger partial charge on any atom is 0.253 e. The zero-order chi connectivity index (χ0) is 19.8. The van der Waals surface area contributed by atoms with Crippen LogP contribution in [-0.4, -0.2) is 39.1 Å². The van der Waals surface area contributed by atoms with Crippen molar-refractivity contribution in [2.75, 3.05) is 13.1 Å². The molecule has 5 nitrogen and oxygen atoms in total. The number of piperidine rings is 1. The van der Waals surface area contributed by atoms with Crippen molar-refractivity contribution in [3.63, 3.8) is 0 Å². The molecule has 0 spiro atoms. The van der Waals surface area contributed by atoms with Gasteiger partial charge in [-0.05, 0) is 54.8 Å². The summed E-state index contributed by atoms with van der Waals surface area (Å²) in [6.45, 7) is 1.38. The topological polar surface area (TPSA) is 64.8 Å². The predicted octanol–water partition coefficient (Wildman–Crippen LogP) is 4.72. The van der Waals surface area contributed by atoms with E-state index in [9.17, 15) is 9.18 Å². The second-order valence-corrected chi connectivity index (χ2v) is 7.55. The van der Waals surface area contributed by atoms with Crippen LogP contribution in [0, 0.1) is 5.82 Å². The lowest BCUT2D eigenvalue weighted by atomic mass is 9.89. The van der Waals surface area contributed by atoms with Gasteiger partial charge in [0.15, 0.2) is 0 Å². The first-order valence-corrected chi connectivity index (χ1v) is 9.84. The highest BCUT2D eigenvalue weighted by Crippen LogP contribution is 2.34. The Morgan fingerprint density at radius 1 is 1.10 bits per heavy atom. The maximum absolute atomic E-state index is 13.6. The highest BCUT2D eigenvalue weighted by Gasteiger charge is 2.27. The third kappa shape index (κ3) is 3.31. The molecule has 4 aromatic rings. The van der Waals surface area contributed by atoms with Crippen molar-refractivity contribution in [1.29, 1.82) is 0 Å². The smallest absolute Gasteiger partial charge is 0.253 e. The minimum Gasteiger partial charge on any atom is -0.361 e. The second-order valence-electron chi connectivity index (χ2n) is 7.55. The van der Waals surface area contributed by atoms with Gasteiger partial charge in [0.25, 0.3) is 5.91 Å². The molecule has 2 aromatic carbocycles. The number of aromatic nitrogens is 3. The van der Waals surface area contributed by atoms with Crippen molar-refractivity contribution in [2.45, 2.75) is 18.8 Å². The summed E-state index contributed by atoms with van der Waals surface area (Å²) in [5.41, 5.74) is 4.54. The summed E-state index contributed by atoms with van der Waals surface area (Å²) < 4.78 is 13.6. The predicted molar refractivity (Wildman–Crippen MR) is 110 cm³/mol. The number of nitrogens with zero attached hydrogens (tertiary/aromatic N) is 2. The Morgan fingerprint density at radius 3 is 2.79 bits per heavy atom. The van der Waals surface area contributed by atoms with Crippen LogP contribution in [0.5, 0.6) is 0 Å². The number of rotatable bonds is 3. The molecule has 0 unspecified atom stereocenters. The Morgan fingerprint density at radius 2 is 1.97 bits per heavy atom. The van der Waals surface area contributed by atoms with Gasteiger partial charge in [0.2, 0.25) is 0 Å². The van der Waals surface area contributed by atoms with Crippen molar-refractivity contribution in [2.24, 2.45) is 0 Å². The molecular weight excluding hydrogens is 367 g/mol. The van der Waals surface area contributed by atoms with Gasteiger partial charge >= 0.3 is 0 Å². The number of benzene rings is 2. The lowest BCUT2D eigenvalue weighted by Crippen LogP contribution is -2.38. The van der Waals surface area contributed by atoms with Crippen molar-refractivity contribution in [3.05, 3.63) is 78.0 Å². The summed E-state index contributed by atoms with van der Waals surface area (Å²) in [4.78, 5) is 18.0. The largest absolute Gasteiger partial charge is 0.361 e. The van der Waals surface area contributed by atoms with Crippen LogP contribution < -0.4 is 0 Å². The fraction of sp³-hybridized carbons (Fsp3) is 0.217. The van der Waals surface area contributed by atoms with Gasteiger partial charge in [0.1, 0.15) is 5.82 Å². The molecule has 29 heavy (non-hydrogen) atoms. The fourth-order valence-electron chi connectivity index (χ4n) is 4.23. The van der Waals surface area contributed by atoms with Crippen LogP contribution in [0.3, 0.4) is 0 Å². The van der Waals surface area contributed by atoms with E-state index in [0.29, 0.717) is 13.1 Å². The third-order valence-electron chi connectivity index (χ3n) is 5.80. The molecule has 0 atom stereocenters. The van der Waals surface area contributed by atoms with E-state index >= 15 is 0 Å². The van der Waals surface area contributed by atoms with Gasteiger partial charge in [-0.25, -0.2) is 4.39 Å². The molecule has 1 aliphatic rings. The Hall–Kier alpha value is -3.41. The average Bonchev–Trinajstić information content (AvgIpc) is 3.42. The first-order valence-electron chi connectivity index (χ1n) is 9.84. The number of nitrogens with one attached hydrogen (secondary N) is 2. The maximum atomic E-state index is 13.6. The number of likely N-dealkylation sites (tertiary alicyclic amines) is 1. The number of carbonyl (C=O) groups is 1. The van der Waals surface area contributed by atoms with Gasteiger partial charge in [-0.3, -0.25) is 9.89 Å². The van der Waals surface area contributed by atoms with Gasteiger partial charge in [0.05, 0.1) is 6.20 Å². The van der Waals surface area contributed by atoms with Crippen molar-refractivity contribution in [1.82, 2.24) is 20.1 Å². The fourth-order valence-corrected chi connectivity index (χ4v) is 4.23. The van der Waals surface area contributed by atoms with Crippen LogP contribution >= 0.6 is 0 Å². The summed E-state index contributed by atoms with van der Waals surface area (Å²) in [6.07, 6.45) is 5.34. The van der Waals surface area contributed by atoms with Crippen molar-refractivity contribution >= 4 is 16.8 Å². The molecule has 1 aliphatic heterocycles. The summed E-state index contributed by atoms with van der Waals surface area (Å²) in [7, 11) is 0. The molecule has 1 amide bonds. The van der Waals surface area contributed by atoms with Crippen molar-refractivity contribution < 1.29 is 9.18 Å². The number of halogens is 1. The average molecular weight is 388 g/mol. The molecule has 0 bridgehead atoms. The normalized spacial score (nSPS) is 15.1. The zero-order valence-corrected chi connectivity index (χ0v) is 15.9. The SMILES string of the molecule is O=C(c1ccc2[nH]ccc2c1)N1CCC(c2[nH]ncc2-c2cccc(F)c2)CC1. The summed E-state index contributed by atoms with van der Waals surface area (Å²) in [6, 6.07) is 14.3. The van der Waals surface area contributed by atoms with Gasteiger partial charge < -0.3 is 9.88 Å². The van der Waals surface area contributed by atoms with Crippen LogP contribution in [0.15, 0.2) is 60.9 Å². The molecule has 3 heterocycles. The van der Waals surface area contributed by atoms with E-state index < -0.39 is 0 Å². The van der Waals surface area contributed by atoms with Crippen LogP contribution in [0.25, 0.3) is 22.0 Å². The summed E-state index contributed by atoms with van der Waals surface area (Å²) in [5, 5.41) is 8.35. The molecule has 0 saturated carbocycles. The third-order valence-corrected chi connectivity index (χ3v) is 5.80. The van der Waals surface area contributed by atoms with E-state index in [1.165, 1.54) is 12.1 Å². The van der Waals surface area contributed by atoms with Gasteiger partial charge in [-0.1, -0.05) is 12.1 Å². The monoisotopic (exact) mass is 388 g/mol. The Labute approximate surface area is 167 Å². The Kier molecular flexibility index (Phi) is 4.39. The van der Waals surface area contributed by atoms with E-state index in [-0.39, 0.29) is 17.6 Å². The highest BCUT2D eigenvalue weighted by atomic mass is 19.1. The number of hydrogen-bond acceptors (Lipinski definition) is 2. The molecule has 2 aromatic heterocycles. The van der Waals surface area contributed by atoms with E-state index in [1.54, 1.807) is 12.3 Å². The lowest BCUT2D eigenvalue weighted by Gasteiger charge is -2.32. The molecule has 146 valence electrons. The summed E-state index contributed by atoms with van der Waals surface area (Å²) >= 11 is 0. The van der Waals surface area contributed by atoms with Crippen LogP contribution in [0.1, 0.15) is 34.8 Å². The lowest BCUT2D eigenvalue weighted by molar-refractivity contribution is 0.0712. The number of carbonyl (C=O) groups excluding carboxylic acids is 1. The van der Waals surface area contributed by atoms with Gasteiger partial charge in [0, 0.05) is 52.9 Å². The van der Waals surface area contributed by atoms with E-state index in [1.807, 2.05) is 41.4 Å². The van der Waals surface area contributed by atoms with E-state index in [4.69, 9.17) is 0 Å². The quantitative estimate of drug-likeness (QED) is 0.533. The molecule has 0 aliphatic carbocycles. The molecule has 0 radical (unpaired) electrons. The molecule has 6 heteroatoms. The Balaban J connectivity index is 1.31. The van der Waals surface area contributed by atoms with E-state index in [0.717, 1.165) is 46.1 Å². The molecule has 1 fully saturated rings. The minimum atomic E-state index is -0.255. The molecule has 5 rings (SSSR count). The molecule has 2 N–H and O–H groups in total. The second kappa shape index (κ2) is 7.20. The molecular formula is C23H21FN4O. The molecule has 1 saturated heterocycles. The minimum absolute atomic E-state index is 0.0708. The first-order chi connectivity index (χ1) is 14.2. The van der Waals surface area contributed by atoms with Crippen LogP contribution in [0.4, 0.5) is 4.39 Å².